The van der Waals surface area contributed by atoms with Crippen LogP contribution in [0, 0.1) is 10.1 Å². The summed E-state index contributed by atoms with van der Waals surface area (Å²) in [5.41, 5.74) is -0.886. The average Bonchev–Trinajstić information content (AvgIpc) is 1.97. The van der Waals surface area contributed by atoms with Crippen LogP contribution in [0.4, 0.5) is 0 Å². The maximum absolute atomic E-state index is 10.3. The van der Waals surface area contributed by atoms with Gasteiger partial charge in [-0.2, -0.15) is 8.42 Å². The largest absolute Gasteiger partial charge is 0.396 e. The number of aliphatic hydroxyl groups is 1. The molecule has 0 aromatic rings. The monoisotopic (exact) mass is 243 g/mol. The zero-order valence-electron chi connectivity index (χ0n) is 9.00. The van der Waals surface area contributed by atoms with Crippen LogP contribution in [0.1, 0.15) is 26.7 Å². The fourth-order valence-corrected chi connectivity index (χ4v) is 0.603. The maximum atomic E-state index is 10.3. The molecule has 0 aromatic carbocycles. The van der Waals surface area contributed by atoms with E-state index in [0.29, 0.717) is 19.1 Å². The van der Waals surface area contributed by atoms with Gasteiger partial charge in [-0.1, -0.05) is 0 Å². The fraction of sp³-hybridized carbons (Fsp3) is 1.00. The lowest BCUT2D eigenvalue weighted by atomic mass is 10.0. The first kappa shape index (κ1) is 16.7. The van der Waals surface area contributed by atoms with Crippen molar-refractivity contribution in [1.82, 2.24) is 0 Å². The van der Waals surface area contributed by atoms with Gasteiger partial charge in [0, 0.05) is 31.8 Å². The molecule has 15 heavy (non-hydrogen) atoms. The molecule has 0 aliphatic heterocycles. The third kappa shape index (κ3) is 16.0. The molecule has 0 rings (SSSR count). The Bertz CT molecular complexity index is 276. The quantitative estimate of drug-likeness (QED) is 0.417. The van der Waals surface area contributed by atoms with Gasteiger partial charge in [-0.25, -0.2) is 0 Å². The van der Waals surface area contributed by atoms with Crippen LogP contribution in [-0.2, 0) is 10.1 Å². The van der Waals surface area contributed by atoms with Gasteiger partial charge < -0.3 is 5.11 Å². The van der Waals surface area contributed by atoms with Crippen LogP contribution >= 0.6 is 0 Å². The molecule has 0 atom stereocenters. The minimum Gasteiger partial charge on any atom is -0.396 e. The standard InChI is InChI=1S/C6H13NO3.CH4O3S/c1-6(2,7(9)10)4-3-5-8;1-5(2,3)4/h8H,3-5H2,1-2H3;1H3,(H,2,3,4). The van der Waals surface area contributed by atoms with Crippen molar-refractivity contribution in [2.45, 2.75) is 32.2 Å². The van der Waals surface area contributed by atoms with Gasteiger partial charge in [-0.3, -0.25) is 14.7 Å². The Morgan fingerprint density at radius 2 is 1.73 bits per heavy atom. The van der Waals surface area contributed by atoms with Crippen LogP contribution in [0.3, 0.4) is 0 Å². The molecule has 0 fully saturated rings. The van der Waals surface area contributed by atoms with E-state index in [1.807, 2.05) is 0 Å². The molecule has 0 aliphatic carbocycles. The van der Waals surface area contributed by atoms with E-state index in [2.05, 4.69) is 0 Å². The second-order valence-corrected chi connectivity index (χ2v) is 5.10. The molecule has 0 radical (unpaired) electrons. The number of nitrogens with zero attached hydrogens (tertiary/aromatic N) is 1. The lowest BCUT2D eigenvalue weighted by molar-refractivity contribution is -0.561. The van der Waals surface area contributed by atoms with Crippen LogP contribution < -0.4 is 0 Å². The number of nitro groups is 1. The smallest absolute Gasteiger partial charge is 0.261 e. The van der Waals surface area contributed by atoms with Crippen molar-refractivity contribution in [1.29, 1.82) is 0 Å². The molecule has 0 spiro atoms. The van der Waals surface area contributed by atoms with Gasteiger partial charge >= 0.3 is 0 Å². The molecule has 92 valence electrons. The first-order valence-electron chi connectivity index (χ1n) is 4.18. The topological polar surface area (TPSA) is 118 Å². The Labute approximate surface area is 89.0 Å². The highest BCUT2D eigenvalue weighted by atomic mass is 32.2. The van der Waals surface area contributed by atoms with E-state index < -0.39 is 15.7 Å². The van der Waals surface area contributed by atoms with Gasteiger partial charge in [0.05, 0.1) is 6.26 Å². The zero-order chi connectivity index (χ0) is 12.7. The summed E-state index contributed by atoms with van der Waals surface area (Å²) >= 11 is 0. The molecule has 0 bridgehead atoms. The molecule has 0 saturated heterocycles. The molecule has 0 saturated carbocycles. The second kappa shape index (κ2) is 6.70. The first-order chi connectivity index (χ1) is 6.50. The normalized spacial score (nSPS) is 11.5. The van der Waals surface area contributed by atoms with Crippen molar-refractivity contribution in [2.24, 2.45) is 0 Å². The van der Waals surface area contributed by atoms with E-state index in [-0.39, 0.29) is 11.5 Å². The van der Waals surface area contributed by atoms with Crippen molar-refractivity contribution >= 4 is 10.1 Å². The third-order valence-corrected chi connectivity index (χ3v) is 1.44. The van der Waals surface area contributed by atoms with Gasteiger partial charge in [-0.05, 0) is 6.42 Å². The lowest BCUT2D eigenvalue weighted by Crippen LogP contribution is -2.30. The van der Waals surface area contributed by atoms with Crippen LogP contribution in [0.15, 0.2) is 0 Å². The lowest BCUT2D eigenvalue weighted by Gasteiger charge is -2.13. The number of aliphatic hydroxyl groups excluding tert-OH is 1. The predicted octanol–water partition coefficient (Wildman–Crippen LogP) is 0.318. The van der Waals surface area contributed by atoms with Gasteiger partial charge in [0.1, 0.15) is 0 Å². The highest BCUT2D eigenvalue weighted by Crippen LogP contribution is 2.14. The molecule has 0 unspecified atom stereocenters. The predicted molar refractivity (Wildman–Crippen MR) is 54.9 cm³/mol. The first-order valence-corrected chi connectivity index (χ1v) is 6.03. The summed E-state index contributed by atoms with van der Waals surface area (Å²) in [6.07, 6.45) is 1.64. The van der Waals surface area contributed by atoms with Crippen molar-refractivity contribution < 1.29 is 23.0 Å². The second-order valence-electron chi connectivity index (χ2n) is 3.63. The fourth-order valence-electron chi connectivity index (χ4n) is 0.603. The van der Waals surface area contributed by atoms with E-state index in [1.54, 1.807) is 13.8 Å². The highest BCUT2D eigenvalue weighted by molar-refractivity contribution is 7.85. The maximum Gasteiger partial charge on any atom is 0.261 e. The Hall–Kier alpha value is -0.730. The molecule has 0 aromatic heterocycles. The van der Waals surface area contributed by atoms with Crippen molar-refractivity contribution in [3.63, 3.8) is 0 Å². The number of rotatable bonds is 4. The molecule has 0 heterocycles. The van der Waals surface area contributed by atoms with E-state index in [1.165, 1.54) is 0 Å². The van der Waals surface area contributed by atoms with Crippen LogP contribution in [0.2, 0.25) is 0 Å². The number of hydrogen-bond acceptors (Lipinski definition) is 5. The third-order valence-electron chi connectivity index (χ3n) is 1.44. The summed E-state index contributed by atoms with van der Waals surface area (Å²) in [4.78, 5) is 9.93. The zero-order valence-corrected chi connectivity index (χ0v) is 9.82. The summed E-state index contributed by atoms with van der Waals surface area (Å²) in [5.74, 6) is 0. The molecular formula is C7H17NO6S. The van der Waals surface area contributed by atoms with Gasteiger partial charge in [0.25, 0.3) is 10.1 Å². The summed E-state index contributed by atoms with van der Waals surface area (Å²) in [5, 5.41) is 18.6. The van der Waals surface area contributed by atoms with Gasteiger partial charge in [-0.15, -0.1) is 0 Å². The van der Waals surface area contributed by atoms with Crippen molar-refractivity contribution in [2.75, 3.05) is 12.9 Å². The van der Waals surface area contributed by atoms with Crippen LogP contribution in [-0.4, -0.2) is 41.4 Å². The van der Waals surface area contributed by atoms with Crippen LogP contribution in [0.5, 0.6) is 0 Å². The Kier molecular flexibility index (Phi) is 7.45. The molecule has 8 heteroatoms. The highest BCUT2D eigenvalue weighted by Gasteiger charge is 2.29. The SMILES string of the molecule is CC(C)(CCCO)[N+](=O)[O-].CS(=O)(=O)O. The van der Waals surface area contributed by atoms with E-state index in [4.69, 9.17) is 9.66 Å². The minimum absolute atomic E-state index is 0.0251. The average molecular weight is 243 g/mol. The molecular weight excluding hydrogens is 226 g/mol. The summed E-state index contributed by atoms with van der Waals surface area (Å²) in [6.45, 7) is 3.14. The van der Waals surface area contributed by atoms with E-state index in [9.17, 15) is 18.5 Å². The van der Waals surface area contributed by atoms with Crippen molar-refractivity contribution in [3.8, 4) is 0 Å². The number of hydrogen-bond donors (Lipinski definition) is 2. The summed E-state index contributed by atoms with van der Waals surface area (Å²) in [6, 6.07) is 0. The van der Waals surface area contributed by atoms with E-state index >= 15 is 0 Å². The van der Waals surface area contributed by atoms with Gasteiger partial charge in [0.15, 0.2) is 0 Å². The minimum atomic E-state index is -3.67. The summed E-state index contributed by atoms with van der Waals surface area (Å²) in [7, 11) is -3.67. The van der Waals surface area contributed by atoms with Crippen molar-refractivity contribution in [3.05, 3.63) is 10.1 Å². The molecule has 7 nitrogen and oxygen atoms in total. The molecule has 0 aliphatic rings. The Morgan fingerprint density at radius 1 is 1.40 bits per heavy atom. The van der Waals surface area contributed by atoms with Gasteiger partial charge in [0.2, 0.25) is 5.54 Å². The molecule has 0 amide bonds. The van der Waals surface area contributed by atoms with Crippen LogP contribution in [0.25, 0.3) is 0 Å². The molecule has 2 N–H and O–H groups in total. The Balaban J connectivity index is 0. The Morgan fingerprint density at radius 3 is 1.93 bits per heavy atom. The van der Waals surface area contributed by atoms with E-state index in [0.717, 1.165) is 0 Å². The summed E-state index contributed by atoms with van der Waals surface area (Å²) < 4.78 is 25.9.